The summed E-state index contributed by atoms with van der Waals surface area (Å²) in [7, 11) is 0. The highest BCUT2D eigenvalue weighted by Crippen LogP contribution is 2.26. The number of rotatable bonds is 3. The van der Waals surface area contributed by atoms with Gasteiger partial charge < -0.3 is 15.1 Å². The number of hydrogen-bond donors (Lipinski definition) is 2. The molecule has 0 bridgehead atoms. The van der Waals surface area contributed by atoms with Crippen molar-refractivity contribution >= 4 is 33.2 Å². The Labute approximate surface area is 119 Å². The van der Waals surface area contributed by atoms with Gasteiger partial charge in [-0.1, -0.05) is 0 Å². The Kier molecular flexibility index (Phi) is 3.29. The Balaban J connectivity index is 1.72. The molecule has 1 amide bonds. The second kappa shape index (κ2) is 5.09. The van der Waals surface area contributed by atoms with Gasteiger partial charge in [-0.15, -0.1) is 0 Å². The number of anilines is 2. The zero-order valence-corrected chi connectivity index (χ0v) is 11.8. The number of fused-ring (bicyclic) bond motifs is 1. The zero-order chi connectivity index (χ0) is 13.2. The van der Waals surface area contributed by atoms with Gasteiger partial charge in [-0.3, -0.25) is 4.79 Å². The molecule has 1 aliphatic rings. The number of carbonyl (C=O) groups is 1. The predicted molar refractivity (Wildman–Crippen MR) is 77.1 cm³/mol. The average Bonchev–Trinajstić information content (AvgIpc) is 2.82. The minimum Gasteiger partial charge on any atom is -0.466 e. The van der Waals surface area contributed by atoms with Gasteiger partial charge in [-0.05, 0) is 52.2 Å². The van der Waals surface area contributed by atoms with Crippen LogP contribution in [0.2, 0.25) is 0 Å². The van der Waals surface area contributed by atoms with Crippen LogP contribution in [-0.2, 0) is 17.8 Å². The number of amides is 1. The van der Waals surface area contributed by atoms with Crippen LogP contribution in [0.4, 0.5) is 11.4 Å². The molecule has 0 aliphatic carbocycles. The number of halogens is 1. The largest absolute Gasteiger partial charge is 0.466 e. The molecule has 19 heavy (non-hydrogen) atoms. The lowest BCUT2D eigenvalue weighted by atomic mass is 10.0. The van der Waals surface area contributed by atoms with E-state index in [0.717, 1.165) is 28.0 Å². The van der Waals surface area contributed by atoms with Crippen molar-refractivity contribution in [2.24, 2.45) is 0 Å². The summed E-state index contributed by atoms with van der Waals surface area (Å²) >= 11 is 3.43. The third-order valence-electron chi connectivity index (χ3n) is 3.14. The lowest BCUT2D eigenvalue weighted by molar-refractivity contribution is -0.116. The molecule has 1 aromatic heterocycles. The predicted octanol–water partition coefficient (Wildman–Crippen LogP) is 3.54. The maximum atomic E-state index is 11.3. The number of nitrogens with one attached hydrogen (secondary N) is 2. The fourth-order valence-electron chi connectivity index (χ4n) is 2.13. The van der Waals surface area contributed by atoms with Crippen LogP contribution < -0.4 is 10.6 Å². The van der Waals surface area contributed by atoms with E-state index in [2.05, 4.69) is 32.6 Å². The molecule has 2 N–H and O–H groups in total. The molecule has 0 fully saturated rings. The topological polar surface area (TPSA) is 54.3 Å². The molecule has 1 aromatic carbocycles. The van der Waals surface area contributed by atoms with Crippen LogP contribution in [0.25, 0.3) is 0 Å². The van der Waals surface area contributed by atoms with Crippen molar-refractivity contribution in [1.82, 2.24) is 0 Å². The highest BCUT2D eigenvalue weighted by Gasteiger charge is 2.14. The molecule has 5 heteroatoms. The number of carbonyl (C=O) groups excluding carboxylic acids is 1. The lowest BCUT2D eigenvalue weighted by Gasteiger charge is -2.17. The van der Waals surface area contributed by atoms with Crippen molar-refractivity contribution in [3.05, 3.63) is 46.3 Å². The Morgan fingerprint density at radius 2 is 2.21 bits per heavy atom. The quantitative estimate of drug-likeness (QED) is 0.909. The van der Waals surface area contributed by atoms with E-state index in [4.69, 9.17) is 4.42 Å². The first-order valence-corrected chi connectivity index (χ1v) is 6.90. The first-order valence-electron chi connectivity index (χ1n) is 6.11. The van der Waals surface area contributed by atoms with Crippen LogP contribution in [0, 0.1) is 0 Å². The first kappa shape index (κ1) is 12.3. The van der Waals surface area contributed by atoms with E-state index >= 15 is 0 Å². The molecule has 0 atom stereocenters. The molecule has 0 saturated heterocycles. The Hall–Kier alpha value is -1.75. The molecule has 2 heterocycles. The number of aryl methyl sites for hydroxylation is 1. The van der Waals surface area contributed by atoms with Crippen LogP contribution in [0.3, 0.4) is 0 Å². The van der Waals surface area contributed by atoms with Crippen molar-refractivity contribution in [1.29, 1.82) is 0 Å². The van der Waals surface area contributed by atoms with Gasteiger partial charge in [-0.25, -0.2) is 0 Å². The smallest absolute Gasteiger partial charge is 0.224 e. The minimum atomic E-state index is 0.0905. The van der Waals surface area contributed by atoms with E-state index < -0.39 is 0 Å². The number of benzene rings is 1. The molecule has 2 aromatic rings. The van der Waals surface area contributed by atoms with E-state index in [9.17, 15) is 4.79 Å². The summed E-state index contributed by atoms with van der Waals surface area (Å²) in [6.07, 6.45) is 3.00. The van der Waals surface area contributed by atoms with Gasteiger partial charge in [0.25, 0.3) is 0 Å². The molecule has 1 aliphatic heterocycles. The van der Waals surface area contributed by atoms with Crippen LogP contribution in [0.15, 0.2) is 39.4 Å². The summed E-state index contributed by atoms with van der Waals surface area (Å²) in [5, 5.41) is 6.19. The van der Waals surface area contributed by atoms with Crippen molar-refractivity contribution in [3.8, 4) is 0 Å². The third kappa shape index (κ3) is 2.66. The van der Waals surface area contributed by atoms with Gasteiger partial charge in [0, 0.05) is 17.8 Å². The van der Waals surface area contributed by atoms with Crippen LogP contribution >= 0.6 is 15.9 Å². The molecule has 98 valence electrons. The fraction of sp³-hybridized carbons (Fsp3) is 0.214. The number of hydrogen-bond acceptors (Lipinski definition) is 3. The van der Waals surface area contributed by atoms with Crippen LogP contribution in [0.1, 0.15) is 17.7 Å². The minimum absolute atomic E-state index is 0.0905. The monoisotopic (exact) mass is 320 g/mol. The summed E-state index contributed by atoms with van der Waals surface area (Å²) in [4.78, 5) is 11.3. The maximum Gasteiger partial charge on any atom is 0.224 e. The number of furan rings is 1. The molecule has 0 saturated carbocycles. The van der Waals surface area contributed by atoms with Gasteiger partial charge in [0.2, 0.25) is 5.91 Å². The molecule has 3 rings (SSSR count). The maximum absolute atomic E-state index is 11.3. The summed E-state index contributed by atoms with van der Waals surface area (Å²) < 4.78 is 6.31. The SMILES string of the molecule is O=C1CCc2cc(NCc3occc3Br)ccc2N1. The van der Waals surface area contributed by atoms with Crippen molar-refractivity contribution in [3.63, 3.8) is 0 Å². The van der Waals surface area contributed by atoms with Gasteiger partial charge in [0.05, 0.1) is 17.3 Å². The first-order chi connectivity index (χ1) is 9.22. The van der Waals surface area contributed by atoms with Crippen LogP contribution in [0.5, 0.6) is 0 Å². The van der Waals surface area contributed by atoms with Crippen molar-refractivity contribution < 1.29 is 9.21 Å². The van der Waals surface area contributed by atoms with E-state index in [1.807, 2.05) is 18.2 Å². The van der Waals surface area contributed by atoms with Crippen molar-refractivity contribution in [2.45, 2.75) is 19.4 Å². The van der Waals surface area contributed by atoms with E-state index in [-0.39, 0.29) is 5.91 Å². The average molecular weight is 321 g/mol. The summed E-state index contributed by atoms with van der Waals surface area (Å²) in [5.74, 6) is 0.957. The highest BCUT2D eigenvalue weighted by atomic mass is 79.9. The molecule has 0 radical (unpaired) electrons. The Morgan fingerprint density at radius 1 is 1.32 bits per heavy atom. The zero-order valence-electron chi connectivity index (χ0n) is 10.2. The molecule has 0 unspecified atom stereocenters. The Bertz CT molecular complexity index is 622. The Morgan fingerprint density at radius 3 is 3.00 bits per heavy atom. The normalized spacial score (nSPS) is 13.8. The molecular formula is C14H13BrN2O2. The summed E-state index contributed by atoms with van der Waals surface area (Å²) in [6, 6.07) is 7.85. The molecule has 0 spiro atoms. The second-order valence-electron chi connectivity index (χ2n) is 4.47. The van der Waals surface area contributed by atoms with Crippen LogP contribution in [-0.4, -0.2) is 5.91 Å². The molecule has 4 nitrogen and oxygen atoms in total. The highest BCUT2D eigenvalue weighted by molar-refractivity contribution is 9.10. The van der Waals surface area contributed by atoms with E-state index in [1.54, 1.807) is 6.26 Å². The van der Waals surface area contributed by atoms with E-state index in [1.165, 1.54) is 5.56 Å². The fourth-order valence-corrected chi connectivity index (χ4v) is 2.47. The van der Waals surface area contributed by atoms with Gasteiger partial charge in [0.1, 0.15) is 5.76 Å². The summed E-state index contributed by atoms with van der Waals surface area (Å²) in [6.45, 7) is 0.624. The molecular weight excluding hydrogens is 308 g/mol. The third-order valence-corrected chi connectivity index (χ3v) is 3.85. The summed E-state index contributed by atoms with van der Waals surface area (Å²) in [5.41, 5.74) is 3.11. The standard InChI is InChI=1S/C14H13BrN2O2/c15-11-5-6-19-13(11)8-16-10-2-3-12-9(7-10)1-4-14(18)17-12/h2-3,5-7,16H,1,4,8H2,(H,17,18). The van der Waals surface area contributed by atoms with Gasteiger partial charge >= 0.3 is 0 Å². The lowest BCUT2D eigenvalue weighted by Crippen LogP contribution is -2.18. The van der Waals surface area contributed by atoms with E-state index in [0.29, 0.717) is 13.0 Å². The second-order valence-corrected chi connectivity index (χ2v) is 5.32. The van der Waals surface area contributed by atoms with Crippen molar-refractivity contribution in [2.75, 3.05) is 10.6 Å². The van der Waals surface area contributed by atoms with Gasteiger partial charge in [-0.2, -0.15) is 0 Å². The van der Waals surface area contributed by atoms with Gasteiger partial charge in [0.15, 0.2) is 0 Å².